The van der Waals surface area contributed by atoms with Gasteiger partial charge in [-0.1, -0.05) is 36.4 Å². The predicted molar refractivity (Wildman–Crippen MR) is 111 cm³/mol. The molecule has 0 aliphatic heterocycles. The maximum atomic E-state index is 12.9. The molecule has 1 heterocycles. The van der Waals surface area contributed by atoms with E-state index in [0.717, 1.165) is 22.0 Å². The Morgan fingerprint density at radius 2 is 1.83 bits per heavy atom. The van der Waals surface area contributed by atoms with E-state index in [9.17, 15) is 18.0 Å². The monoisotopic (exact) mass is 477 g/mol. The van der Waals surface area contributed by atoms with Crippen LogP contribution in [-0.2, 0) is 15.4 Å². The topological polar surface area (TPSA) is 123 Å². The summed E-state index contributed by atoms with van der Waals surface area (Å²) in [6, 6.07) is 4.80. The van der Waals surface area contributed by atoms with Crippen LogP contribution in [-0.4, -0.2) is 39.9 Å². The Balaban J connectivity index is 1.88. The smallest absolute Gasteiger partial charge is 0.265 e. The molecule has 1 aromatic carbocycles. The summed E-state index contributed by atoms with van der Waals surface area (Å²) in [5.41, 5.74) is 1.42. The molecule has 1 atom stereocenters. The highest BCUT2D eigenvalue weighted by Gasteiger charge is 2.66. The molecule has 1 aromatic heterocycles. The fraction of sp³-hybridized carbons (Fsp3) is 0.375. The van der Waals surface area contributed by atoms with Gasteiger partial charge >= 0.3 is 6.03 Å². The van der Waals surface area contributed by atoms with Gasteiger partial charge in [0.25, 0.3) is 15.6 Å². The zero-order chi connectivity index (χ0) is 21.6. The van der Waals surface area contributed by atoms with Crippen LogP contribution in [0.3, 0.4) is 0 Å². The van der Waals surface area contributed by atoms with Crippen molar-refractivity contribution in [2.45, 2.75) is 40.1 Å². The zero-order valence-electron chi connectivity index (χ0n) is 15.6. The maximum Gasteiger partial charge on any atom is 0.347 e. The van der Waals surface area contributed by atoms with Gasteiger partial charge in [0.15, 0.2) is 0 Å². The van der Waals surface area contributed by atoms with E-state index < -0.39 is 31.4 Å². The summed E-state index contributed by atoms with van der Waals surface area (Å²) in [4.78, 5) is 25.1. The summed E-state index contributed by atoms with van der Waals surface area (Å²) in [5, 5.41) is 7.88. The summed E-state index contributed by atoms with van der Waals surface area (Å²) in [7, 11) is -4.14. The summed E-state index contributed by atoms with van der Waals surface area (Å²) >= 11 is 13.3. The average Bonchev–Trinajstić information content (AvgIpc) is 3.15. The quantitative estimate of drug-likeness (QED) is 0.499. The van der Waals surface area contributed by atoms with Crippen LogP contribution < -0.4 is 15.7 Å². The minimum absolute atomic E-state index is 0.0259. The first-order valence-electron chi connectivity index (χ1n) is 8.24. The lowest BCUT2D eigenvalue weighted by molar-refractivity contribution is 0.253. The van der Waals surface area contributed by atoms with Gasteiger partial charge in [-0.15, -0.1) is 33.4 Å². The van der Waals surface area contributed by atoms with Gasteiger partial charge in [-0.2, -0.15) is 4.68 Å². The molecule has 1 unspecified atom stereocenters. The van der Waals surface area contributed by atoms with Gasteiger partial charge in [-0.25, -0.2) is 23.4 Å². The van der Waals surface area contributed by atoms with Crippen LogP contribution in [0.25, 0.3) is 0 Å². The third-order valence-electron chi connectivity index (χ3n) is 4.57. The second-order valence-corrected chi connectivity index (χ2v) is 10.7. The van der Waals surface area contributed by atoms with Crippen molar-refractivity contribution in [2.24, 2.45) is 0 Å². The molecular weight excluding hydrogens is 461 g/mol. The van der Waals surface area contributed by atoms with Crippen molar-refractivity contribution in [3.63, 3.8) is 0 Å². The number of hydrogen-bond acceptors (Lipinski definition) is 7. The molecule has 0 saturated heterocycles. The summed E-state index contributed by atoms with van der Waals surface area (Å²) in [5.74, 6) is 0. The minimum atomic E-state index is -4.14. The number of sulfonamides is 1. The van der Waals surface area contributed by atoms with Crippen LogP contribution in [0.2, 0.25) is 0 Å². The Morgan fingerprint density at radius 1 is 1.24 bits per heavy atom. The van der Waals surface area contributed by atoms with Gasteiger partial charge in [0.05, 0.1) is 10.3 Å². The second kappa shape index (κ2) is 7.46. The SMILES string of the molecule is CSc1nnc(C2(C)CC2(Cl)Cl)c(=O)n1NC(=O)NS(=O)(=O)c1ccc(C)cc1. The summed E-state index contributed by atoms with van der Waals surface area (Å²) in [6.07, 6.45) is 1.91. The van der Waals surface area contributed by atoms with E-state index in [2.05, 4.69) is 15.6 Å². The number of nitrogens with one attached hydrogen (secondary N) is 2. The molecule has 9 nitrogen and oxygen atoms in total. The maximum absolute atomic E-state index is 12.9. The molecule has 0 radical (unpaired) electrons. The fourth-order valence-electron chi connectivity index (χ4n) is 2.63. The third kappa shape index (κ3) is 4.09. The highest BCUT2D eigenvalue weighted by Crippen LogP contribution is 2.63. The molecule has 156 valence electrons. The van der Waals surface area contributed by atoms with Crippen molar-refractivity contribution in [3.8, 4) is 0 Å². The first kappa shape index (κ1) is 21.9. The molecule has 13 heteroatoms. The van der Waals surface area contributed by atoms with Crippen LogP contribution in [0, 0.1) is 6.92 Å². The molecule has 1 fully saturated rings. The van der Waals surface area contributed by atoms with E-state index in [1.54, 1.807) is 32.2 Å². The van der Waals surface area contributed by atoms with Gasteiger partial charge in [-0.05, 0) is 31.7 Å². The van der Waals surface area contributed by atoms with Gasteiger partial charge in [-0.3, -0.25) is 4.79 Å². The number of aryl methyl sites for hydroxylation is 1. The molecule has 1 aliphatic rings. The van der Waals surface area contributed by atoms with Gasteiger partial charge in [0, 0.05) is 0 Å². The van der Waals surface area contributed by atoms with Gasteiger partial charge in [0.2, 0.25) is 5.16 Å². The zero-order valence-corrected chi connectivity index (χ0v) is 18.7. The van der Waals surface area contributed by atoms with Crippen molar-refractivity contribution in [1.29, 1.82) is 0 Å². The number of carbonyl (C=O) groups is 1. The lowest BCUT2D eigenvalue weighted by Crippen LogP contribution is -2.45. The van der Waals surface area contributed by atoms with Crippen LogP contribution in [0.5, 0.6) is 0 Å². The Hall–Kier alpha value is -1.82. The Bertz CT molecular complexity index is 1130. The van der Waals surface area contributed by atoms with E-state index >= 15 is 0 Å². The van der Waals surface area contributed by atoms with Crippen molar-refractivity contribution < 1.29 is 13.2 Å². The van der Waals surface area contributed by atoms with E-state index in [1.165, 1.54) is 12.1 Å². The van der Waals surface area contributed by atoms with Crippen molar-refractivity contribution in [2.75, 3.05) is 11.7 Å². The van der Waals surface area contributed by atoms with Crippen LogP contribution in [0.15, 0.2) is 39.1 Å². The predicted octanol–water partition coefficient (Wildman–Crippen LogP) is 2.15. The van der Waals surface area contributed by atoms with Crippen LogP contribution >= 0.6 is 35.0 Å². The Morgan fingerprint density at radius 3 is 2.34 bits per heavy atom. The first-order valence-corrected chi connectivity index (χ1v) is 11.7. The van der Waals surface area contributed by atoms with Gasteiger partial charge < -0.3 is 0 Å². The number of halogens is 2. The largest absolute Gasteiger partial charge is 0.347 e. The Labute approximate surface area is 181 Å². The normalized spacial score (nSPS) is 20.2. The number of benzene rings is 1. The standard InChI is InChI=1S/C16H17Cl2N5O4S2/c1-9-4-6-10(7-5-9)29(26,27)22-13(25)21-23-12(24)11(19-20-14(23)28-3)15(2)8-16(15,17)18/h4-7H,8H2,1-3H3,(H2,21,22,25). The molecule has 2 amide bonds. The van der Waals surface area contributed by atoms with Crippen molar-refractivity contribution in [3.05, 3.63) is 45.9 Å². The van der Waals surface area contributed by atoms with Gasteiger partial charge in [0.1, 0.15) is 10.0 Å². The van der Waals surface area contributed by atoms with E-state index in [1.807, 2.05) is 4.72 Å². The van der Waals surface area contributed by atoms with E-state index in [4.69, 9.17) is 23.2 Å². The molecule has 1 saturated carbocycles. The number of nitrogens with zero attached hydrogens (tertiary/aromatic N) is 3. The van der Waals surface area contributed by atoms with Crippen LogP contribution in [0.4, 0.5) is 4.79 Å². The van der Waals surface area contributed by atoms with E-state index in [-0.39, 0.29) is 15.7 Å². The fourth-order valence-corrected chi connectivity index (χ4v) is 4.68. The number of carbonyl (C=O) groups excluding carboxylic acids is 1. The lowest BCUT2D eigenvalue weighted by atomic mass is 10.1. The second-order valence-electron chi connectivity index (χ2n) is 6.75. The third-order valence-corrected chi connectivity index (χ3v) is 7.64. The number of rotatable bonds is 5. The molecule has 0 spiro atoms. The van der Waals surface area contributed by atoms with Crippen LogP contribution in [0.1, 0.15) is 24.6 Å². The molecule has 0 bridgehead atoms. The highest BCUT2D eigenvalue weighted by atomic mass is 35.5. The Kier molecular flexibility index (Phi) is 5.63. The highest BCUT2D eigenvalue weighted by molar-refractivity contribution is 7.98. The number of urea groups is 1. The van der Waals surface area contributed by atoms with E-state index in [0.29, 0.717) is 6.42 Å². The number of thioether (sulfide) groups is 1. The molecule has 29 heavy (non-hydrogen) atoms. The molecular formula is C16H17Cl2N5O4S2. The molecule has 2 N–H and O–H groups in total. The lowest BCUT2D eigenvalue weighted by Gasteiger charge is -2.16. The summed E-state index contributed by atoms with van der Waals surface area (Å²) in [6.45, 7) is 3.46. The van der Waals surface area contributed by atoms with Crippen molar-refractivity contribution >= 4 is 51.0 Å². The first-order chi connectivity index (χ1) is 13.4. The minimum Gasteiger partial charge on any atom is -0.265 e. The molecule has 1 aliphatic carbocycles. The molecule has 3 rings (SSSR count). The number of amides is 2. The number of hydrogen-bond donors (Lipinski definition) is 2. The summed E-state index contributed by atoms with van der Waals surface area (Å²) < 4.78 is 26.3. The number of alkyl halides is 2. The molecule has 2 aromatic rings. The average molecular weight is 478 g/mol. The number of aromatic nitrogens is 3. The van der Waals surface area contributed by atoms with Crippen molar-refractivity contribution in [1.82, 2.24) is 19.6 Å².